The van der Waals surface area contributed by atoms with Gasteiger partial charge in [0.05, 0.1) is 33.8 Å². The zero-order chi connectivity index (χ0) is 53.6. The Labute approximate surface area is 453 Å². The first-order valence-electron chi connectivity index (χ1n) is 31.3. The van der Waals surface area contributed by atoms with E-state index in [-0.39, 0.29) is 31.5 Å². The van der Waals surface area contributed by atoms with Gasteiger partial charge in [-0.25, -0.2) is 0 Å². The molecule has 0 bridgehead atoms. The maximum absolute atomic E-state index is 13.5. The quantitative estimate of drug-likeness (QED) is 0.0212. The number of nitrogens with zero attached hydrogens (tertiary/aromatic N) is 1. The third-order valence-corrected chi connectivity index (χ3v) is 15.0. The SMILES string of the molecule is CCCCCCCC/C=C/CCCCCCCCCCCC(=O)OC(/C=C/CCCCCCCCCCCC)C(COP(=O)([O-])OCC[N+](C)(C)C)NC(=O)CCCCCCC/C=C/CCCCCCCCC. The van der Waals surface area contributed by atoms with E-state index in [2.05, 4.69) is 50.4 Å². The van der Waals surface area contributed by atoms with Gasteiger partial charge in [-0.2, -0.15) is 0 Å². The van der Waals surface area contributed by atoms with Crippen LogP contribution in [0.2, 0.25) is 0 Å². The minimum absolute atomic E-state index is 0.0225. The fraction of sp³-hybridized carbons (Fsp3) is 0.873. The molecule has 0 aromatic heterocycles. The Balaban J connectivity index is 5.25. The number of phosphoric ester groups is 1. The number of nitrogens with one attached hydrogen (secondary N) is 1. The molecule has 3 unspecified atom stereocenters. The van der Waals surface area contributed by atoms with Crippen LogP contribution in [0.15, 0.2) is 36.5 Å². The molecule has 0 aliphatic heterocycles. The standard InChI is InChI=1S/C63H121N2O7P/c1-7-10-13-16-19-22-25-28-30-32-33-34-36-38-41-44-47-50-53-56-63(67)72-61(54-51-48-45-42-39-27-24-21-18-15-12-9-3)60(59-71-73(68,69)70-58-57-65(4,5)6)64-62(66)55-52-49-46-43-40-37-35-31-29-26-23-20-17-14-11-8-2/h28,30-31,35,51,54,60-61H,7-27,29,32-34,36-50,52-53,55-59H2,1-6H3,(H-,64,66,68,69)/b30-28+,35-31+,54-51+. The lowest BCUT2D eigenvalue weighted by atomic mass is 10.0. The molecule has 0 aromatic rings. The lowest BCUT2D eigenvalue weighted by molar-refractivity contribution is -0.870. The Morgan fingerprint density at radius 3 is 1.16 bits per heavy atom. The molecule has 0 saturated heterocycles. The molecule has 0 heterocycles. The Morgan fingerprint density at radius 1 is 0.466 bits per heavy atom. The van der Waals surface area contributed by atoms with Crippen LogP contribution in [0.5, 0.6) is 0 Å². The van der Waals surface area contributed by atoms with Crippen molar-refractivity contribution in [1.29, 1.82) is 0 Å². The molecule has 0 saturated carbocycles. The van der Waals surface area contributed by atoms with Crippen molar-refractivity contribution in [2.75, 3.05) is 40.9 Å². The monoisotopic (exact) mass is 1050 g/mol. The highest BCUT2D eigenvalue weighted by molar-refractivity contribution is 7.45. The fourth-order valence-electron chi connectivity index (χ4n) is 9.16. The first kappa shape index (κ1) is 71.2. The maximum Gasteiger partial charge on any atom is 0.306 e. The number of hydrogen-bond acceptors (Lipinski definition) is 7. The summed E-state index contributed by atoms with van der Waals surface area (Å²) in [5.74, 6) is -0.542. The summed E-state index contributed by atoms with van der Waals surface area (Å²) in [6.45, 7) is 6.86. The molecule has 73 heavy (non-hydrogen) atoms. The molecule has 9 nitrogen and oxygen atoms in total. The highest BCUT2D eigenvalue weighted by Gasteiger charge is 2.27. The summed E-state index contributed by atoms with van der Waals surface area (Å²) >= 11 is 0. The van der Waals surface area contributed by atoms with Crippen LogP contribution in [0.3, 0.4) is 0 Å². The van der Waals surface area contributed by atoms with Crippen molar-refractivity contribution in [3.8, 4) is 0 Å². The van der Waals surface area contributed by atoms with Gasteiger partial charge in [0.25, 0.3) is 7.82 Å². The van der Waals surface area contributed by atoms with Crippen LogP contribution < -0.4 is 10.2 Å². The summed E-state index contributed by atoms with van der Waals surface area (Å²) in [5, 5.41) is 3.03. The Hall–Kier alpha value is -1.77. The minimum atomic E-state index is -4.70. The van der Waals surface area contributed by atoms with Gasteiger partial charge in [-0.05, 0) is 83.1 Å². The molecular formula is C63H121N2O7P. The molecule has 1 amide bonds. The van der Waals surface area contributed by atoms with E-state index in [0.717, 1.165) is 77.0 Å². The van der Waals surface area contributed by atoms with Crippen LogP contribution in [0.1, 0.15) is 303 Å². The molecule has 0 fully saturated rings. The zero-order valence-corrected chi connectivity index (χ0v) is 50.0. The van der Waals surface area contributed by atoms with Gasteiger partial charge in [0, 0.05) is 12.8 Å². The van der Waals surface area contributed by atoms with Crippen LogP contribution in [0.4, 0.5) is 0 Å². The average molecular weight is 1050 g/mol. The highest BCUT2D eigenvalue weighted by atomic mass is 31.2. The average Bonchev–Trinajstić information content (AvgIpc) is 3.35. The first-order chi connectivity index (χ1) is 35.4. The number of rotatable bonds is 57. The number of unbranched alkanes of at least 4 members (excludes halogenated alkanes) is 37. The van der Waals surface area contributed by atoms with Crippen molar-refractivity contribution < 1.29 is 37.3 Å². The predicted octanol–water partition coefficient (Wildman–Crippen LogP) is 18.5. The number of quaternary nitrogens is 1. The summed E-state index contributed by atoms with van der Waals surface area (Å²) in [7, 11) is 1.19. The van der Waals surface area contributed by atoms with Crippen molar-refractivity contribution in [2.45, 2.75) is 315 Å². The zero-order valence-electron chi connectivity index (χ0n) is 49.1. The van der Waals surface area contributed by atoms with Gasteiger partial charge in [-0.15, -0.1) is 0 Å². The molecule has 1 N–H and O–H groups in total. The topological polar surface area (TPSA) is 114 Å². The number of esters is 1. The number of carbonyl (C=O) groups is 2. The molecule has 0 spiro atoms. The van der Waals surface area contributed by atoms with Crippen LogP contribution in [0, 0.1) is 0 Å². The van der Waals surface area contributed by atoms with E-state index < -0.39 is 20.0 Å². The summed E-state index contributed by atoms with van der Waals surface area (Å²) < 4.78 is 30.3. The van der Waals surface area contributed by atoms with Crippen molar-refractivity contribution in [3.05, 3.63) is 36.5 Å². The molecule has 10 heteroatoms. The van der Waals surface area contributed by atoms with Gasteiger partial charge in [0.2, 0.25) is 5.91 Å². The third-order valence-electron chi connectivity index (χ3n) is 14.0. The van der Waals surface area contributed by atoms with Gasteiger partial charge < -0.3 is 28.5 Å². The number of phosphoric acid groups is 1. The number of allylic oxidation sites excluding steroid dienone is 5. The lowest BCUT2D eigenvalue weighted by Crippen LogP contribution is -2.47. The summed E-state index contributed by atoms with van der Waals surface area (Å²) in [4.78, 5) is 40.0. The van der Waals surface area contributed by atoms with E-state index >= 15 is 0 Å². The van der Waals surface area contributed by atoms with Gasteiger partial charge in [0.15, 0.2) is 0 Å². The summed E-state index contributed by atoms with van der Waals surface area (Å²) in [6, 6.07) is -0.890. The normalized spacial score (nSPS) is 13.9. The summed E-state index contributed by atoms with van der Waals surface area (Å²) in [6.07, 6.45) is 63.9. The maximum atomic E-state index is 13.5. The minimum Gasteiger partial charge on any atom is -0.756 e. The Bertz CT molecular complexity index is 1350. The molecule has 0 aromatic carbocycles. The fourth-order valence-corrected chi connectivity index (χ4v) is 9.88. The van der Waals surface area contributed by atoms with Crippen molar-refractivity contribution >= 4 is 19.7 Å². The smallest absolute Gasteiger partial charge is 0.306 e. The number of ether oxygens (including phenoxy) is 1. The van der Waals surface area contributed by atoms with Gasteiger partial charge in [0.1, 0.15) is 19.3 Å². The molecule has 0 rings (SSSR count). The van der Waals surface area contributed by atoms with Crippen molar-refractivity contribution in [3.63, 3.8) is 0 Å². The van der Waals surface area contributed by atoms with Crippen molar-refractivity contribution in [1.82, 2.24) is 5.32 Å². The van der Waals surface area contributed by atoms with Crippen LogP contribution in [-0.4, -0.2) is 69.4 Å². The molecule has 0 radical (unpaired) electrons. The van der Waals surface area contributed by atoms with E-state index in [4.69, 9.17) is 13.8 Å². The van der Waals surface area contributed by atoms with Crippen LogP contribution in [0.25, 0.3) is 0 Å². The second kappa shape index (κ2) is 53.6. The second-order valence-electron chi connectivity index (χ2n) is 22.6. The van der Waals surface area contributed by atoms with E-state index in [0.29, 0.717) is 17.4 Å². The number of carbonyl (C=O) groups excluding carboxylic acids is 2. The second-order valence-corrected chi connectivity index (χ2v) is 24.0. The molecule has 430 valence electrons. The van der Waals surface area contributed by atoms with E-state index in [1.54, 1.807) is 0 Å². The largest absolute Gasteiger partial charge is 0.756 e. The Kier molecular flexibility index (Phi) is 52.3. The number of likely N-dealkylation sites (N-methyl/N-ethyl adjacent to an activating group) is 1. The summed E-state index contributed by atoms with van der Waals surface area (Å²) in [5.41, 5.74) is 0. The van der Waals surface area contributed by atoms with E-state index in [1.165, 1.54) is 193 Å². The van der Waals surface area contributed by atoms with Gasteiger partial charge in [-0.3, -0.25) is 14.2 Å². The predicted molar refractivity (Wildman–Crippen MR) is 312 cm³/mol. The number of amides is 1. The molecule has 0 aliphatic rings. The molecule has 0 aliphatic carbocycles. The van der Waals surface area contributed by atoms with Gasteiger partial charge >= 0.3 is 5.97 Å². The number of hydrogen-bond donors (Lipinski definition) is 1. The van der Waals surface area contributed by atoms with E-state index in [1.807, 2.05) is 33.3 Å². The van der Waals surface area contributed by atoms with Crippen LogP contribution >= 0.6 is 7.82 Å². The first-order valence-corrected chi connectivity index (χ1v) is 32.8. The van der Waals surface area contributed by atoms with Gasteiger partial charge in [-0.1, -0.05) is 244 Å². The Morgan fingerprint density at radius 2 is 0.795 bits per heavy atom. The van der Waals surface area contributed by atoms with E-state index in [9.17, 15) is 19.0 Å². The third kappa shape index (κ3) is 54.8. The van der Waals surface area contributed by atoms with Crippen LogP contribution in [-0.2, 0) is 27.9 Å². The highest BCUT2D eigenvalue weighted by Crippen LogP contribution is 2.38. The molecular weight excluding hydrogens is 928 g/mol. The molecule has 3 atom stereocenters. The van der Waals surface area contributed by atoms with Crippen molar-refractivity contribution in [2.24, 2.45) is 0 Å². The lowest BCUT2D eigenvalue weighted by Gasteiger charge is -2.30.